The highest BCUT2D eigenvalue weighted by molar-refractivity contribution is 5.96. The second-order valence-corrected chi connectivity index (χ2v) is 5.08. The number of hydrogen-bond donors (Lipinski definition) is 3. The van der Waals surface area contributed by atoms with Crippen molar-refractivity contribution in [3.05, 3.63) is 35.4 Å². The second-order valence-electron chi connectivity index (χ2n) is 5.08. The van der Waals surface area contributed by atoms with Gasteiger partial charge in [0.1, 0.15) is 0 Å². The highest BCUT2D eigenvalue weighted by atomic mass is 16.4. The molecule has 2 rings (SSSR count). The molecule has 1 aromatic rings. The summed E-state index contributed by atoms with van der Waals surface area (Å²) in [6.07, 6.45) is 3.95. The summed E-state index contributed by atoms with van der Waals surface area (Å²) in [6.45, 7) is 3.19. The largest absolute Gasteiger partial charge is 0.409 e. The molecule has 1 fully saturated rings. The number of rotatable bonds is 4. The molecule has 18 heavy (non-hydrogen) atoms. The van der Waals surface area contributed by atoms with Crippen molar-refractivity contribution in [1.29, 1.82) is 0 Å². The summed E-state index contributed by atoms with van der Waals surface area (Å²) in [5.41, 5.74) is 7.49. The Kier molecular flexibility index (Phi) is 4.20. The molecule has 0 saturated heterocycles. The molecule has 0 amide bonds. The van der Waals surface area contributed by atoms with Gasteiger partial charge in [0.05, 0.1) is 0 Å². The zero-order chi connectivity index (χ0) is 13.0. The number of amidine groups is 1. The lowest BCUT2D eigenvalue weighted by atomic mass is 10.1. The Balaban J connectivity index is 1.90. The minimum atomic E-state index is 0.152. The molecule has 98 valence electrons. The SMILES string of the molecule is CC1CCCC1NCc1ccc(C(N)=NO)cc1. The van der Waals surface area contributed by atoms with Gasteiger partial charge in [-0.05, 0) is 24.3 Å². The molecule has 1 saturated carbocycles. The van der Waals surface area contributed by atoms with Gasteiger partial charge in [0.25, 0.3) is 0 Å². The number of nitrogens with two attached hydrogens (primary N) is 1. The van der Waals surface area contributed by atoms with Gasteiger partial charge in [0.15, 0.2) is 5.84 Å². The van der Waals surface area contributed by atoms with E-state index in [-0.39, 0.29) is 5.84 Å². The first-order chi connectivity index (χ1) is 8.70. The van der Waals surface area contributed by atoms with Gasteiger partial charge >= 0.3 is 0 Å². The zero-order valence-electron chi connectivity index (χ0n) is 10.8. The number of hydrogen-bond acceptors (Lipinski definition) is 3. The van der Waals surface area contributed by atoms with Crippen molar-refractivity contribution in [1.82, 2.24) is 5.32 Å². The van der Waals surface area contributed by atoms with Crippen LogP contribution in [0.25, 0.3) is 0 Å². The average molecular weight is 247 g/mol. The van der Waals surface area contributed by atoms with Gasteiger partial charge in [-0.1, -0.05) is 42.8 Å². The van der Waals surface area contributed by atoms with Crippen molar-refractivity contribution in [3.8, 4) is 0 Å². The van der Waals surface area contributed by atoms with Crippen molar-refractivity contribution in [2.75, 3.05) is 0 Å². The van der Waals surface area contributed by atoms with Crippen LogP contribution < -0.4 is 11.1 Å². The third kappa shape index (κ3) is 3.01. The van der Waals surface area contributed by atoms with Gasteiger partial charge in [0, 0.05) is 18.2 Å². The van der Waals surface area contributed by atoms with Crippen LogP contribution in [0, 0.1) is 5.92 Å². The monoisotopic (exact) mass is 247 g/mol. The molecule has 2 unspecified atom stereocenters. The van der Waals surface area contributed by atoms with Crippen LogP contribution in [-0.2, 0) is 6.54 Å². The third-order valence-corrected chi connectivity index (χ3v) is 3.79. The molecule has 1 aromatic carbocycles. The van der Waals surface area contributed by atoms with E-state index in [9.17, 15) is 0 Å². The van der Waals surface area contributed by atoms with Crippen LogP contribution >= 0.6 is 0 Å². The molecule has 0 heterocycles. The molecule has 1 aliphatic rings. The van der Waals surface area contributed by atoms with Crippen LogP contribution in [0.4, 0.5) is 0 Å². The van der Waals surface area contributed by atoms with Gasteiger partial charge in [-0.2, -0.15) is 0 Å². The van der Waals surface area contributed by atoms with Crippen molar-refractivity contribution in [2.24, 2.45) is 16.8 Å². The predicted molar refractivity (Wildman–Crippen MR) is 72.6 cm³/mol. The first-order valence-electron chi connectivity index (χ1n) is 6.51. The molecule has 0 spiro atoms. The van der Waals surface area contributed by atoms with E-state index in [0.717, 1.165) is 18.0 Å². The molecule has 0 radical (unpaired) electrons. The fraction of sp³-hybridized carbons (Fsp3) is 0.500. The van der Waals surface area contributed by atoms with Crippen LogP contribution in [0.5, 0.6) is 0 Å². The molecule has 4 N–H and O–H groups in total. The van der Waals surface area contributed by atoms with E-state index < -0.39 is 0 Å². The maximum Gasteiger partial charge on any atom is 0.170 e. The molecule has 4 heteroatoms. The Morgan fingerprint density at radius 2 is 2.11 bits per heavy atom. The topological polar surface area (TPSA) is 70.6 Å². The van der Waals surface area contributed by atoms with Crippen LogP contribution in [0.15, 0.2) is 29.4 Å². The Morgan fingerprint density at radius 3 is 2.67 bits per heavy atom. The normalized spacial score (nSPS) is 24.4. The number of nitrogens with one attached hydrogen (secondary N) is 1. The van der Waals surface area contributed by atoms with E-state index in [0.29, 0.717) is 6.04 Å². The molecular formula is C14H21N3O. The lowest BCUT2D eigenvalue weighted by molar-refractivity contribution is 0.318. The summed E-state index contributed by atoms with van der Waals surface area (Å²) in [5, 5.41) is 15.2. The molecule has 2 atom stereocenters. The summed E-state index contributed by atoms with van der Waals surface area (Å²) < 4.78 is 0. The lowest BCUT2D eigenvalue weighted by Gasteiger charge is -2.17. The smallest absolute Gasteiger partial charge is 0.170 e. The van der Waals surface area contributed by atoms with Crippen molar-refractivity contribution in [2.45, 2.75) is 38.8 Å². The molecule has 1 aliphatic carbocycles. The zero-order valence-corrected chi connectivity index (χ0v) is 10.8. The summed E-state index contributed by atoms with van der Waals surface area (Å²) in [4.78, 5) is 0. The molecule has 4 nitrogen and oxygen atoms in total. The van der Waals surface area contributed by atoms with E-state index in [1.54, 1.807) is 0 Å². The standard InChI is InChI=1S/C14H21N3O/c1-10-3-2-4-13(10)16-9-11-5-7-12(8-6-11)14(15)17-18/h5-8,10,13,16,18H,2-4,9H2,1H3,(H2,15,17). The molecular weight excluding hydrogens is 226 g/mol. The quantitative estimate of drug-likeness (QED) is 0.330. The summed E-state index contributed by atoms with van der Waals surface area (Å²) >= 11 is 0. The van der Waals surface area contributed by atoms with Gasteiger partial charge in [-0.15, -0.1) is 0 Å². The number of benzene rings is 1. The number of nitrogens with zero attached hydrogens (tertiary/aromatic N) is 1. The van der Waals surface area contributed by atoms with Crippen molar-refractivity contribution < 1.29 is 5.21 Å². The van der Waals surface area contributed by atoms with Crippen LogP contribution in [-0.4, -0.2) is 17.1 Å². The van der Waals surface area contributed by atoms with Crippen LogP contribution in [0.2, 0.25) is 0 Å². The van der Waals surface area contributed by atoms with Gasteiger partial charge < -0.3 is 16.3 Å². The van der Waals surface area contributed by atoms with E-state index in [4.69, 9.17) is 10.9 Å². The summed E-state index contributed by atoms with van der Waals surface area (Å²) in [7, 11) is 0. The Morgan fingerprint density at radius 1 is 1.39 bits per heavy atom. The second kappa shape index (κ2) is 5.87. The van der Waals surface area contributed by atoms with Gasteiger partial charge in [-0.3, -0.25) is 0 Å². The van der Waals surface area contributed by atoms with E-state index in [2.05, 4.69) is 17.4 Å². The highest BCUT2D eigenvalue weighted by Crippen LogP contribution is 2.25. The highest BCUT2D eigenvalue weighted by Gasteiger charge is 2.22. The van der Waals surface area contributed by atoms with Crippen LogP contribution in [0.3, 0.4) is 0 Å². The van der Waals surface area contributed by atoms with Crippen molar-refractivity contribution in [3.63, 3.8) is 0 Å². The summed E-state index contributed by atoms with van der Waals surface area (Å²) in [5.74, 6) is 0.931. The fourth-order valence-corrected chi connectivity index (χ4v) is 2.55. The Labute approximate surface area is 108 Å². The molecule has 0 aliphatic heterocycles. The first-order valence-corrected chi connectivity index (χ1v) is 6.51. The lowest BCUT2D eigenvalue weighted by Crippen LogP contribution is -2.30. The van der Waals surface area contributed by atoms with Crippen molar-refractivity contribution >= 4 is 5.84 Å². The van der Waals surface area contributed by atoms with Gasteiger partial charge in [0.2, 0.25) is 0 Å². The molecule has 0 bridgehead atoms. The van der Waals surface area contributed by atoms with Gasteiger partial charge in [-0.25, -0.2) is 0 Å². The van der Waals surface area contributed by atoms with E-state index in [1.165, 1.54) is 24.8 Å². The Bertz CT molecular complexity index is 414. The Hall–Kier alpha value is -1.55. The maximum absolute atomic E-state index is 8.58. The number of oxime groups is 1. The average Bonchev–Trinajstić information content (AvgIpc) is 2.81. The van der Waals surface area contributed by atoms with E-state index >= 15 is 0 Å². The third-order valence-electron chi connectivity index (χ3n) is 3.79. The predicted octanol–water partition coefficient (Wildman–Crippen LogP) is 2.06. The minimum Gasteiger partial charge on any atom is -0.409 e. The first kappa shape index (κ1) is 12.9. The fourth-order valence-electron chi connectivity index (χ4n) is 2.55. The van der Waals surface area contributed by atoms with Crippen LogP contribution in [0.1, 0.15) is 37.3 Å². The van der Waals surface area contributed by atoms with E-state index in [1.807, 2.05) is 24.3 Å². The molecule has 0 aromatic heterocycles. The maximum atomic E-state index is 8.58. The minimum absolute atomic E-state index is 0.152. The summed E-state index contributed by atoms with van der Waals surface area (Å²) in [6, 6.07) is 8.43.